The lowest BCUT2D eigenvalue weighted by molar-refractivity contribution is -0.140. The van der Waals surface area contributed by atoms with E-state index in [1.807, 2.05) is 20.8 Å². The molecule has 0 N–H and O–H groups in total. The maximum Gasteiger partial charge on any atom is 0.307 e. The largest absolute Gasteiger partial charge is 0.469 e. The quantitative estimate of drug-likeness (QED) is 0.744. The van der Waals surface area contributed by atoms with Gasteiger partial charge in [0.1, 0.15) is 4.88 Å². The maximum atomic E-state index is 12.4. The van der Waals surface area contributed by atoms with E-state index in [0.29, 0.717) is 23.7 Å². The van der Waals surface area contributed by atoms with Gasteiger partial charge in [0.2, 0.25) is 0 Å². The van der Waals surface area contributed by atoms with Crippen LogP contribution in [0.2, 0.25) is 0 Å². The summed E-state index contributed by atoms with van der Waals surface area (Å²) in [5.74, 6) is -0.292. The van der Waals surface area contributed by atoms with Crippen molar-refractivity contribution in [2.75, 3.05) is 20.2 Å². The highest BCUT2D eigenvalue weighted by atomic mass is 32.1. The zero-order valence-electron chi connectivity index (χ0n) is 11.7. The third kappa shape index (κ3) is 3.99. The SMILES string of the molecule is CCN(CCC(=O)OC)C(=O)c1snnc1C(C)C. The molecule has 0 saturated carbocycles. The van der Waals surface area contributed by atoms with E-state index in [-0.39, 0.29) is 24.2 Å². The lowest BCUT2D eigenvalue weighted by Crippen LogP contribution is -2.33. The minimum absolute atomic E-state index is 0.120. The summed E-state index contributed by atoms with van der Waals surface area (Å²) in [4.78, 5) is 25.7. The molecule has 0 spiro atoms. The predicted molar refractivity (Wildman–Crippen MR) is 72.2 cm³/mol. The van der Waals surface area contributed by atoms with Crippen LogP contribution in [0.15, 0.2) is 0 Å². The van der Waals surface area contributed by atoms with Crippen LogP contribution in [0.4, 0.5) is 0 Å². The molecule has 1 heterocycles. The highest BCUT2D eigenvalue weighted by Gasteiger charge is 2.23. The fourth-order valence-corrected chi connectivity index (χ4v) is 2.39. The molecule has 0 aliphatic heterocycles. The summed E-state index contributed by atoms with van der Waals surface area (Å²) in [6.07, 6.45) is 0.194. The monoisotopic (exact) mass is 285 g/mol. The molecule has 0 radical (unpaired) electrons. The number of carbonyl (C=O) groups excluding carboxylic acids is 2. The smallest absolute Gasteiger partial charge is 0.307 e. The zero-order valence-corrected chi connectivity index (χ0v) is 12.5. The van der Waals surface area contributed by atoms with E-state index >= 15 is 0 Å². The molecule has 1 aromatic rings. The summed E-state index contributed by atoms with van der Waals surface area (Å²) in [7, 11) is 1.34. The topological polar surface area (TPSA) is 72.4 Å². The first-order chi connectivity index (χ1) is 9.01. The summed E-state index contributed by atoms with van der Waals surface area (Å²) in [5.41, 5.74) is 0.714. The third-order valence-corrected chi connectivity index (χ3v) is 3.47. The molecule has 0 saturated heterocycles. The van der Waals surface area contributed by atoms with Gasteiger partial charge in [-0.25, -0.2) is 0 Å². The Labute approximate surface area is 116 Å². The maximum absolute atomic E-state index is 12.4. The average molecular weight is 285 g/mol. The van der Waals surface area contributed by atoms with Crippen molar-refractivity contribution in [2.45, 2.75) is 33.1 Å². The van der Waals surface area contributed by atoms with Gasteiger partial charge in [-0.15, -0.1) is 5.10 Å². The second kappa shape index (κ2) is 7.18. The van der Waals surface area contributed by atoms with Crippen molar-refractivity contribution in [3.8, 4) is 0 Å². The van der Waals surface area contributed by atoms with E-state index in [0.717, 1.165) is 11.5 Å². The minimum atomic E-state index is -0.322. The summed E-state index contributed by atoms with van der Waals surface area (Å²) in [5, 5.41) is 3.99. The molecule has 1 amide bonds. The molecule has 0 bridgehead atoms. The van der Waals surface area contributed by atoms with Gasteiger partial charge < -0.3 is 9.64 Å². The van der Waals surface area contributed by atoms with Crippen LogP contribution in [0.25, 0.3) is 0 Å². The Balaban J connectivity index is 2.78. The van der Waals surface area contributed by atoms with Crippen molar-refractivity contribution in [3.05, 3.63) is 10.6 Å². The van der Waals surface area contributed by atoms with E-state index in [4.69, 9.17) is 0 Å². The van der Waals surface area contributed by atoms with Gasteiger partial charge in [-0.1, -0.05) is 18.3 Å². The molecular formula is C12H19N3O3S. The van der Waals surface area contributed by atoms with Crippen LogP contribution in [-0.4, -0.2) is 46.6 Å². The van der Waals surface area contributed by atoms with Crippen molar-refractivity contribution < 1.29 is 14.3 Å². The van der Waals surface area contributed by atoms with Crippen molar-refractivity contribution >= 4 is 23.4 Å². The van der Waals surface area contributed by atoms with Crippen LogP contribution in [0.1, 0.15) is 48.5 Å². The number of methoxy groups -OCH3 is 1. The Morgan fingerprint density at radius 3 is 2.63 bits per heavy atom. The fourth-order valence-electron chi connectivity index (χ4n) is 1.60. The molecule has 0 aliphatic carbocycles. The number of amides is 1. The molecule has 6 nitrogen and oxygen atoms in total. The molecule has 0 unspecified atom stereocenters. The van der Waals surface area contributed by atoms with Gasteiger partial charge in [-0.2, -0.15) is 0 Å². The number of ether oxygens (including phenoxy) is 1. The highest BCUT2D eigenvalue weighted by molar-refractivity contribution is 7.08. The highest BCUT2D eigenvalue weighted by Crippen LogP contribution is 2.21. The van der Waals surface area contributed by atoms with Gasteiger partial charge in [-0.3, -0.25) is 9.59 Å². The number of esters is 1. The van der Waals surface area contributed by atoms with Crippen molar-refractivity contribution in [2.24, 2.45) is 0 Å². The van der Waals surface area contributed by atoms with Gasteiger partial charge in [0.15, 0.2) is 0 Å². The lowest BCUT2D eigenvalue weighted by atomic mass is 10.1. The van der Waals surface area contributed by atoms with Crippen LogP contribution in [0.5, 0.6) is 0 Å². The summed E-state index contributed by atoms with van der Waals surface area (Å²) in [6.45, 7) is 6.69. The zero-order chi connectivity index (χ0) is 14.4. The van der Waals surface area contributed by atoms with E-state index in [2.05, 4.69) is 14.3 Å². The Morgan fingerprint density at radius 1 is 1.42 bits per heavy atom. The number of aromatic nitrogens is 2. The first-order valence-corrected chi connectivity index (χ1v) is 6.96. The normalized spacial score (nSPS) is 10.6. The van der Waals surface area contributed by atoms with Gasteiger partial charge in [0.05, 0.1) is 19.2 Å². The molecule has 7 heteroatoms. The summed E-state index contributed by atoms with van der Waals surface area (Å²) in [6, 6.07) is 0. The second-order valence-electron chi connectivity index (χ2n) is 4.35. The van der Waals surface area contributed by atoms with Crippen LogP contribution in [0, 0.1) is 0 Å². The number of rotatable bonds is 6. The number of hydrogen-bond donors (Lipinski definition) is 0. The Hall–Kier alpha value is -1.50. The van der Waals surface area contributed by atoms with E-state index in [1.165, 1.54) is 7.11 Å². The molecule has 1 rings (SSSR count). The number of hydrogen-bond acceptors (Lipinski definition) is 6. The third-order valence-electron chi connectivity index (χ3n) is 2.74. The van der Waals surface area contributed by atoms with Crippen LogP contribution >= 0.6 is 11.5 Å². The molecule has 106 valence electrons. The number of nitrogens with zero attached hydrogens (tertiary/aromatic N) is 3. The average Bonchev–Trinajstić information content (AvgIpc) is 2.88. The summed E-state index contributed by atoms with van der Waals surface area (Å²) < 4.78 is 8.42. The Morgan fingerprint density at radius 2 is 2.11 bits per heavy atom. The van der Waals surface area contributed by atoms with Crippen LogP contribution < -0.4 is 0 Å². The van der Waals surface area contributed by atoms with E-state index in [1.54, 1.807) is 4.90 Å². The first-order valence-electron chi connectivity index (χ1n) is 6.19. The second-order valence-corrected chi connectivity index (χ2v) is 5.11. The molecule has 0 fully saturated rings. The standard InChI is InChI=1S/C12H19N3O3S/c1-5-15(7-6-9(16)18-4)12(17)11-10(8(2)3)13-14-19-11/h8H,5-7H2,1-4H3. The van der Waals surface area contributed by atoms with Crippen LogP contribution in [-0.2, 0) is 9.53 Å². The molecule has 0 aromatic carbocycles. The van der Waals surface area contributed by atoms with Gasteiger partial charge in [0.25, 0.3) is 5.91 Å². The van der Waals surface area contributed by atoms with Crippen LogP contribution in [0.3, 0.4) is 0 Å². The van der Waals surface area contributed by atoms with E-state index < -0.39 is 0 Å². The number of carbonyl (C=O) groups is 2. The van der Waals surface area contributed by atoms with Crippen molar-refractivity contribution in [3.63, 3.8) is 0 Å². The molecule has 19 heavy (non-hydrogen) atoms. The van der Waals surface area contributed by atoms with Crippen molar-refractivity contribution in [1.29, 1.82) is 0 Å². The first kappa shape index (κ1) is 15.6. The Bertz CT molecular complexity index is 445. The molecule has 0 atom stereocenters. The predicted octanol–water partition coefficient (Wildman–Crippen LogP) is 1.69. The van der Waals surface area contributed by atoms with Gasteiger partial charge in [-0.05, 0) is 24.4 Å². The Kier molecular flexibility index (Phi) is 5.88. The lowest BCUT2D eigenvalue weighted by Gasteiger charge is -2.20. The molecular weight excluding hydrogens is 266 g/mol. The van der Waals surface area contributed by atoms with Gasteiger partial charge in [0, 0.05) is 13.1 Å². The molecule has 1 aromatic heterocycles. The van der Waals surface area contributed by atoms with Gasteiger partial charge >= 0.3 is 5.97 Å². The molecule has 0 aliphatic rings. The fraction of sp³-hybridized carbons (Fsp3) is 0.667. The van der Waals surface area contributed by atoms with E-state index in [9.17, 15) is 9.59 Å². The van der Waals surface area contributed by atoms with Crippen molar-refractivity contribution in [1.82, 2.24) is 14.5 Å². The summed E-state index contributed by atoms with van der Waals surface area (Å²) >= 11 is 1.10. The minimum Gasteiger partial charge on any atom is -0.469 e.